The van der Waals surface area contributed by atoms with Crippen molar-refractivity contribution >= 4 is 17.4 Å². The second-order valence-electron chi connectivity index (χ2n) is 6.05. The molecule has 2 aromatic carbocycles. The molecular weight excluding hydrogens is 274 g/mol. The number of ketones is 1. The van der Waals surface area contributed by atoms with Gasteiger partial charge in [-0.25, -0.2) is 0 Å². The predicted molar refractivity (Wildman–Crippen MR) is 83.2 cm³/mol. The van der Waals surface area contributed by atoms with E-state index in [2.05, 4.69) is 6.08 Å². The van der Waals surface area contributed by atoms with Crippen molar-refractivity contribution in [3.8, 4) is 11.1 Å². The molecule has 1 atom stereocenters. The van der Waals surface area contributed by atoms with E-state index < -0.39 is 0 Å². The zero-order chi connectivity index (χ0) is 14.8. The van der Waals surface area contributed by atoms with E-state index in [1.807, 2.05) is 47.4 Å². The smallest absolute Gasteiger partial charge is 0.229 e. The minimum absolute atomic E-state index is 0.0681. The van der Waals surface area contributed by atoms with E-state index in [1.54, 1.807) is 0 Å². The topological polar surface area (TPSA) is 37.4 Å². The molecule has 2 aromatic rings. The van der Waals surface area contributed by atoms with Crippen LogP contribution in [0.25, 0.3) is 16.8 Å². The molecule has 0 radical (unpaired) electrons. The summed E-state index contributed by atoms with van der Waals surface area (Å²) in [5.74, 6) is 0.229. The molecule has 2 heterocycles. The van der Waals surface area contributed by atoms with Crippen LogP contribution in [0.15, 0.2) is 48.5 Å². The fourth-order valence-corrected chi connectivity index (χ4v) is 3.87. The summed E-state index contributed by atoms with van der Waals surface area (Å²) in [6.45, 7) is 0. The molecule has 1 fully saturated rings. The molecule has 1 amide bonds. The summed E-state index contributed by atoms with van der Waals surface area (Å²) in [7, 11) is 0. The lowest BCUT2D eigenvalue weighted by Crippen LogP contribution is -2.47. The number of nitrogens with zero attached hydrogens (tertiary/aromatic N) is 1. The highest BCUT2D eigenvalue weighted by Gasteiger charge is 2.43. The van der Waals surface area contributed by atoms with Crippen LogP contribution >= 0.6 is 0 Å². The lowest BCUT2D eigenvalue weighted by molar-refractivity contribution is -0.139. The third-order valence-electron chi connectivity index (χ3n) is 4.92. The Hall–Kier alpha value is -2.68. The maximum atomic E-state index is 12.8. The number of benzene rings is 2. The molecule has 3 heteroatoms. The van der Waals surface area contributed by atoms with Crippen LogP contribution in [0.1, 0.15) is 34.3 Å². The fourth-order valence-electron chi connectivity index (χ4n) is 3.87. The molecule has 0 saturated carbocycles. The van der Waals surface area contributed by atoms with Crippen LogP contribution in [0.4, 0.5) is 0 Å². The largest absolute Gasteiger partial charge is 0.308 e. The number of carbonyl (C=O) groups excluding carboxylic acids is 2. The minimum atomic E-state index is 0.0681. The number of rotatable bonds is 1. The SMILES string of the molecule is O=C1c2ccccc2-c2cccc(C3=CC[C@@H]4CC(=O)N34)c21. The van der Waals surface area contributed by atoms with Gasteiger partial charge in [0, 0.05) is 34.9 Å². The molecule has 0 N–H and O–H groups in total. The van der Waals surface area contributed by atoms with E-state index in [1.165, 1.54) is 0 Å². The monoisotopic (exact) mass is 287 g/mol. The van der Waals surface area contributed by atoms with Gasteiger partial charge in [-0.2, -0.15) is 0 Å². The maximum Gasteiger partial charge on any atom is 0.229 e. The molecule has 0 unspecified atom stereocenters. The van der Waals surface area contributed by atoms with E-state index in [0.717, 1.165) is 39.9 Å². The van der Waals surface area contributed by atoms with Crippen molar-refractivity contribution in [1.82, 2.24) is 4.90 Å². The molecule has 0 spiro atoms. The molecule has 1 saturated heterocycles. The van der Waals surface area contributed by atoms with Crippen LogP contribution < -0.4 is 0 Å². The van der Waals surface area contributed by atoms with E-state index in [4.69, 9.17) is 0 Å². The highest BCUT2D eigenvalue weighted by molar-refractivity contribution is 6.24. The van der Waals surface area contributed by atoms with Gasteiger partial charge in [0.05, 0.1) is 0 Å². The standard InChI is InChI=1S/C19H13NO2/c21-17-10-11-8-9-16(20(11)17)15-7-3-6-13-12-4-1-2-5-14(12)19(22)18(13)15/h1-7,9,11H,8,10H2/t11-/m1/s1. The lowest BCUT2D eigenvalue weighted by atomic mass is 9.97. The van der Waals surface area contributed by atoms with Gasteiger partial charge in [-0.3, -0.25) is 9.59 Å². The first-order chi connectivity index (χ1) is 10.8. The highest BCUT2D eigenvalue weighted by Crippen LogP contribution is 2.44. The van der Waals surface area contributed by atoms with E-state index in [9.17, 15) is 9.59 Å². The van der Waals surface area contributed by atoms with Crippen molar-refractivity contribution in [2.45, 2.75) is 18.9 Å². The van der Waals surface area contributed by atoms with Crippen molar-refractivity contribution in [3.63, 3.8) is 0 Å². The Morgan fingerprint density at radius 1 is 0.864 bits per heavy atom. The van der Waals surface area contributed by atoms with Gasteiger partial charge in [-0.15, -0.1) is 0 Å². The van der Waals surface area contributed by atoms with Crippen LogP contribution in [-0.4, -0.2) is 22.6 Å². The third kappa shape index (κ3) is 1.31. The first-order valence-corrected chi connectivity index (χ1v) is 7.55. The molecule has 5 rings (SSSR count). The average Bonchev–Trinajstić information content (AvgIpc) is 3.03. The van der Waals surface area contributed by atoms with Gasteiger partial charge < -0.3 is 4.90 Å². The molecule has 106 valence electrons. The van der Waals surface area contributed by atoms with Crippen LogP contribution in [0.3, 0.4) is 0 Å². The molecule has 2 aliphatic heterocycles. The summed E-state index contributed by atoms with van der Waals surface area (Å²) in [5, 5.41) is 0. The van der Waals surface area contributed by atoms with Gasteiger partial charge in [0.25, 0.3) is 0 Å². The van der Waals surface area contributed by atoms with Crippen LogP contribution in [0.2, 0.25) is 0 Å². The zero-order valence-corrected chi connectivity index (χ0v) is 11.9. The molecule has 0 aromatic heterocycles. The van der Waals surface area contributed by atoms with E-state index >= 15 is 0 Å². The minimum Gasteiger partial charge on any atom is -0.308 e. The molecule has 3 aliphatic rings. The lowest BCUT2D eigenvalue weighted by Gasteiger charge is -2.37. The van der Waals surface area contributed by atoms with Crippen LogP contribution in [0, 0.1) is 0 Å². The Morgan fingerprint density at radius 2 is 1.59 bits per heavy atom. The second kappa shape index (κ2) is 3.95. The normalized spacial score (nSPS) is 21.2. The molecule has 22 heavy (non-hydrogen) atoms. The number of hydrogen-bond acceptors (Lipinski definition) is 2. The Morgan fingerprint density at radius 3 is 2.41 bits per heavy atom. The number of fused-ring (bicyclic) bond motifs is 4. The molecule has 3 nitrogen and oxygen atoms in total. The van der Waals surface area contributed by atoms with Crippen LogP contribution in [-0.2, 0) is 4.79 Å². The third-order valence-corrected chi connectivity index (χ3v) is 4.92. The van der Waals surface area contributed by atoms with Crippen molar-refractivity contribution < 1.29 is 9.59 Å². The van der Waals surface area contributed by atoms with Gasteiger partial charge in [0.15, 0.2) is 5.78 Å². The highest BCUT2D eigenvalue weighted by atomic mass is 16.2. The van der Waals surface area contributed by atoms with E-state index in [0.29, 0.717) is 12.5 Å². The number of amides is 1. The number of carbonyl (C=O) groups is 2. The summed E-state index contributed by atoms with van der Waals surface area (Å²) in [5.41, 5.74) is 5.30. The van der Waals surface area contributed by atoms with Crippen LogP contribution in [0.5, 0.6) is 0 Å². The second-order valence-corrected chi connectivity index (χ2v) is 6.05. The van der Waals surface area contributed by atoms with Crippen molar-refractivity contribution in [2.24, 2.45) is 0 Å². The van der Waals surface area contributed by atoms with Gasteiger partial charge >= 0.3 is 0 Å². The molecule has 0 bridgehead atoms. The predicted octanol–water partition coefficient (Wildman–Crippen LogP) is 3.24. The Bertz CT molecular complexity index is 894. The number of hydrogen-bond donors (Lipinski definition) is 0. The average molecular weight is 287 g/mol. The quantitative estimate of drug-likeness (QED) is 0.644. The fraction of sp³-hybridized carbons (Fsp3) is 0.158. The van der Waals surface area contributed by atoms with Gasteiger partial charge in [-0.1, -0.05) is 48.5 Å². The van der Waals surface area contributed by atoms with Gasteiger partial charge in [0.1, 0.15) is 0 Å². The summed E-state index contributed by atoms with van der Waals surface area (Å²) in [6, 6.07) is 13.9. The Kier molecular flexibility index (Phi) is 2.14. The van der Waals surface area contributed by atoms with Crippen molar-refractivity contribution in [3.05, 3.63) is 65.2 Å². The van der Waals surface area contributed by atoms with E-state index in [-0.39, 0.29) is 11.7 Å². The summed E-state index contributed by atoms with van der Waals surface area (Å²) < 4.78 is 0. The summed E-state index contributed by atoms with van der Waals surface area (Å²) in [6.07, 6.45) is 3.62. The molecule has 1 aliphatic carbocycles. The van der Waals surface area contributed by atoms with Crippen molar-refractivity contribution in [2.75, 3.05) is 0 Å². The Balaban J connectivity index is 1.72. The number of β-lactam (4-membered cyclic amide) rings is 1. The van der Waals surface area contributed by atoms with Gasteiger partial charge in [0.2, 0.25) is 5.91 Å². The summed E-state index contributed by atoms with van der Waals surface area (Å²) >= 11 is 0. The first kappa shape index (κ1) is 11.9. The molecular formula is C19H13NO2. The zero-order valence-electron chi connectivity index (χ0n) is 11.9. The Labute approximate surface area is 127 Å². The maximum absolute atomic E-state index is 12.8. The summed E-state index contributed by atoms with van der Waals surface area (Å²) in [4.78, 5) is 26.6. The van der Waals surface area contributed by atoms with Gasteiger partial charge in [-0.05, 0) is 17.5 Å². The van der Waals surface area contributed by atoms with Crippen molar-refractivity contribution in [1.29, 1.82) is 0 Å². The first-order valence-electron chi connectivity index (χ1n) is 7.55.